The van der Waals surface area contributed by atoms with Gasteiger partial charge in [0.1, 0.15) is 0 Å². The van der Waals surface area contributed by atoms with Crippen LogP contribution in [-0.2, 0) is 23.4 Å². The van der Waals surface area contributed by atoms with Gasteiger partial charge < -0.3 is 0 Å². The van der Waals surface area contributed by atoms with Crippen molar-refractivity contribution in [2.24, 2.45) is 0 Å². The molecule has 3 aromatic rings. The summed E-state index contributed by atoms with van der Waals surface area (Å²) in [4.78, 5) is 0. The van der Waals surface area contributed by atoms with E-state index < -0.39 is 8.32 Å². The molecular formula is C31H40O5SeSi. The summed E-state index contributed by atoms with van der Waals surface area (Å²) in [6, 6.07) is 32.1. The Hall–Kier alpha value is -1.80. The van der Waals surface area contributed by atoms with Crippen molar-refractivity contribution in [2.75, 3.05) is 33.7 Å². The van der Waals surface area contributed by atoms with Gasteiger partial charge in [-0.25, -0.2) is 0 Å². The van der Waals surface area contributed by atoms with Gasteiger partial charge in [0.15, 0.2) is 0 Å². The Balaban J connectivity index is 1.57. The van der Waals surface area contributed by atoms with Crippen LogP contribution >= 0.6 is 0 Å². The van der Waals surface area contributed by atoms with Crippen molar-refractivity contribution in [2.45, 2.75) is 49.4 Å². The van der Waals surface area contributed by atoms with Crippen LogP contribution in [0.15, 0.2) is 91.0 Å². The van der Waals surface area contributed by atoms with Crippen LogP contribution in [0.1, 0.15) is 27.2 Å². The van der Waals surface area contributed by atoms with Gasteiger partial charge in [0, 0.05) is 0 Å². The zero-order valence-corrected chi connectivity index (χ0v) is 25.6. The van der Waals surface area contributed by atoms with Gasteiger partial charge in [-0.1, -0.05) is 0 Å². The summed E-state index contributed by atoms with van der Waals surface area (Å²) < 4.78 is 32.2. The molecule has 38 heavy (non-hydrogen) atoms. The van der Waals surface area contributed by atoms with E-state index in [4.69, 9.17) is 23.4 Å². The SMILES string of the molecule is COCCOCO[C@@H]1CC([Se]c2ccccc2)O[C@@H]1CO[Si](c1ccccc1)(c1ccccc1)C(C)(C)C. The van der Waals surface area contributed by atoms with E-state index in [1.54, 1.807) is 7.11 Å². The van der Waals surface area contributed by atoms with Crippen LogP contribution < -0.4 is 14.8 Å². The third-order valence-corrected chi connectivity index (χ3v) is 14.2. The van der Waals surface area contributed by atoms with Crippen LogP contribution in [0.25, 0.3) is 0 Å². The van der Waals surface area contributed by atoms with Gasteiger partial charge in [-0.3, -0.25) is 0 Å². The third-order valence-electron chi connectivity index (χ3n) is 6.85. The minimum atomic E-state index is -2.67. The van der Waals surface area contributed by atoms with E-state index in [9.17, 15) is 0 Å². The summed E-state index contributed by atoms with van der Waals surface area (Å²) in [6.45, 7) is 8.64. The molecule has 204 valence electrons. The number of hydrogen-bond acceptors (Lipinski definition) is 5. The molecule has 0 aliphatic carbocycles. The predicted molar refractivity (Wildman–Crippen MR) is 156 cm³/mol. The molecule has 1 fully saturated rings. The van der Waals surface area contributed by atoms with Crippen molar-refractivity contribution >= 4 is 38.1 Å². The Kier molecular flexibility index (Phi) is 10.8. The van der Waals surface area contributed by atoms with Crippen LogP contribution in [-0.4, -0.2) is 74.2 Å². The molecule has 3 atom stereocenters. The number of methoxy groups -OCH3 is 1. The fraction of sp³-hybridized carbons (Fsp3) is 0.419. The van der Waals surface area contributed by atoms with Crippen LogP contribution in [0.4, 0.5) is 0 Å². The molecule has 1 aliphatic heterocycles. The second-order valence-electron chi connectivity index (χ2n) is 10.5. The first-order valence-electron chi connectivity index (χ1n) is 13.2. The summed E-state index contributed by atoms with van der Waals surface area (Å²) in [7, 11) is -1.000. The quantitative estimate of drug-likeness (QED) is 0.170. The van der Waals surface area contributed by atoms with Gasteiger partial charge in [-0.05, 0) is 0 Å². The predicted octanol–water partition coefficient (Wildman–Crippen LogP) is 3.71. The molecule has 0 N–H and O–H groups in total. The monoisotopic (exact) mass is 600 g/mol. The zero-order valence-electron chi connectivity index (χ0n) is 22.9. The molecule has 1 heterocycles. The third kappa shape index (κ3) is 7.23. The zero-order chi connectivity index (χ0) is 26.8. The Morgan fingerprint density at radius 2 is 1.42 bits per heavy atom. The van der Waals surface area contributed by atoms with Crippen molar-refractivity contribution in [1.29, 1.82) is 0 Å². The number of hydrogen-bond donors (Lipinski definition) is 0. The molecule has 1 unspecified atom stereocenters. The van der Waals surface area contributed by atoms with Gasteiger partial charge >= 0.3 is 236 Å². The van der Waals surface area contributed by atoms with Crippen molar-refractivity contribution in [1.82, 2.24) is 0 Å². The van der Waals surface area contributed by atoms with E-state index in [2.05, 4.69) is 112 Å². The molecule has 4 rings (SSSR count). The molecule has 0 bridgehead atoms. The molecule has 0 aromatic heterocycles. The maximum absolute atomic E-state index is 7.20. The normalized spacial score (nSPS) is 20.1. The fourth-order valence-corrected chi connectivity index (χ4v) is 11.9. The van der Waals surface area contributed by atoms with Crippen LogP contribution in [0.3, 0.4) is 0 Å². The average Bonchev–Trinajstić information content (AvgIpc) is 3.31. The van der Waals surface area contributed by atoms with Crippen LogP contribution in [0.5, 0.6) is 0 Å². The summed E-state index contributed by atoms with van der Waals surface area (Å²) >= 11 is 0.186. The van der Waals surface area contributed by atoms with Crippen LogP contribution in [0.2, 0.25) is 5.04 Å². The van der Waals surface area contributed by atoms with E-state index in [-0.39, 0.29) is 44.0 Å². The first kappa shape index (κ1) is 29.2. The number of ether oxygens (including phenoxy) is 4. The molecule has 3 aromatic carbocycles. The van der Waals surface area contributed by atoms with Crippen LogP contribution in [0, 0.1) is 0 Å². The molecule has 1 saturated heterocycles. The molecule has 7 heteroatoms. The Labute approximate surface area is 235 Å². The first-order valence-corrected chi connectivity index (χ1v) is 17.0. The second-order valence-corrected chi connectivity index (χ2v) is 17.4. The molecule has 1 aliphatic rings. The van der Waals surface area contributed by atoms with E-state index >= 15 is 0 Å². The summed E-state index contributed by atoms with van der Waals surface area (Å²) in [6.07, 6.45) is 0.571. The molecule has 5 nitrogen and oxygen atoms in total. The first-order chi connectivity index (χ1) is 18.4. The Morgan fingerprint density at radius 1 is 0.842 bits per heavy atom. The van der Waals surface area contributed by atoms with E-state index in [1.165, 1.54) is 14.8 Å². The topological polar surface area (TPSA) is 46.2 Å². The molecule has 0 spiro atoms. The van der Waals surface area contributed by atoms with Crippen molar-refractivity contribution < 1.29 is 23.4 Å². The molecule has 0 radical (unpaired) electrons. The summed E-state index contributed by atoms with van der Waals surface area (Å²) in [5.41, 5.74) is 0. The van der Waals surface area contributed by atoms with E-state index in [0.29, 0.717) is 19.8 Å². The summed E-state index contributed by atoms with van der Waals surface area (Å²) in [5, 5.41) is 2.56. The number of benzene rings is 3. The standard InChI is InChI=1S/C31H40O5SeSi/c1-31(2,3)38(26-16-10-6-11-17-26,27-18-12-7-13-19-27)35-23-29-28(34-24-33-21-20-32-4)22-30(36-29)37-25-14-8-5-9-15-25/h5-19,28-30H,20-24H2,1-4H3/t28-,29-,30?/m1/s1. The van der Waals surface area contributed by atoms with Crippen molar-refractivity contribution in [3.8, 4) is 0 Å². The van der Waals surface area contributed by atoms with Crippen molar-refractivity contribution in [3.63, 3.8) is 0 Å². The second kappa shape index (κ2) is 14.0. The van der Waals surface area contributed by atoms with Gasteiger partial charge in [0.2, 0.25) is 0 Å². The molecule has 0 saturated carbocycles. The van der Waals surface area contributed by atoms with Gasteiger partial charge in [-0.15, -0.1) is 0 Å². The average molecular weight is 600 g/mol. The van der Waals surface area contributed by atoms with Gasteiger partial charge in [0.05, 0.1) is 0 Å². The van der Waals surface area contributed by atoms with Gasteiger partial charge in [-0.2, -0.15) is 0 Å². The Morgan fingerprint density at radius 3 is 1.97 bits per heavy atom. The van der Waals surface area contributed by atoms with Crippen molar-refractivity contribution in [3.05, 3.63) is 91.0 Å². The minimum absolute atomic E-state index is 0.0913. The van der Waals surface area contributed by atoms with E-state index in [0.717, 1.165) is 6.42 Å². The van der Waals surface area contributed by atoms with Gasteiger partial charge in [0.25, 0.3) is 0 Å². The maximum atomic E-state index is 7.20. The number of rotatable bonds is 13. The van der Waals surface area contributed by atoms with E-state index in [1.807, 2.05) is 0 Å². The summed E-state index contributed by atoms with van der Waals surface area (Å²) in [5.74, 6) is 0. The molecular weight excluding hydrogens is 559 g/mol. The Bertz CT molecular complexity index is 1040. The molecule has 0 amide bonds. The fourth-order valence-electron chi connectivity index (χ4n) is 5.03.